The molecule has 2 fully saturated rings. The summed E-state index contributed by atoms with van der Waals surface area (Å²) < 4.78 is 5.69. The number of hydrogen-bond acceptors (Lipinski definition) is 3. The predicted molar refractivity (Wildman–Crippen MR) is 70.5 cm³/mol. The normalized spacial score (nSPS) is 27.8. The van der Waals surface area contributed by atoms with Gasteiger partial charge in [0.15, 0.2) is 0 Å². The highest BCUT2D eigenvalue weighted by Gasteiger charge is 2.32. The number of amides is 3. The van der Waals surface area contributed by atoms with Crippen LogP contribution >= 0.6 is 0 Å². The maximum absolute atomic E-state index is 12.1. The molecule has 0 aromatic rings. The van der Waals surface area contributed by atoms with Crippen molar-refractivity contribution in [2.75, 3.05) is 26.9 Å². The van der Waals surface area contributed by atoms with Crippen molar-refractivity contribution >= 4 is 11.9 Å². The molecule has 0 spiro atoms. The van der Waals surface area contributed by atoms with E-state index in [2.05, 4.69) is 5.32 Å². The topological polar surface area (TPSA) is 61.9 Å². The fourth-order valence-electron chi connectivity index (χ4n) is 2.73. The zero-order chi connectivity index (χ0) is 13.8. The van der Waals surface area contributed by atoms with E-state index in [1.165, 1.54) is 0 Å². The molecular weight excluding hydrogens is 246 g/mol. The number of nitrogens with one attached hydrogen (secondary N) is 1. The summed E-state index contributed by atoms with van der Waals surface area (Å²) >= 11 is 0. The van der Waals surface area contributed by atoms with E-state index in [0.717, 1.165) is 25.7 Å². The molecule has 1 N–H and O–H groups in total. The van der Waals surface area contributed by atoms with Gasteiger partial charge in [-0.15, -0.1) is 0 Å². The number of carbonyl (C=O) groups is 2. The van der Waals surface area contributed by atoms with Gasteiger partial charge < -0.3 is 15.0 Å². The number of ether oxygens (including phenoxy) is 1. The molecule has 1 saturated carbocycles. The fraction of sp³-hybridized carbons (Fsp3) is 0.846. The number of hydrogen-bond donors (Lipinski definition) is 1. The first kappa shape index (κ1) is 14.1. The average molecular weight is 269 g/mol. The maximum Gasteiger partial charge on any atom is 0.319 e. The van der Waals surface area contributed by atoms with Gasteiger partial charge >= 0.3 is 6.03 Å². The van der Waals surface area contributed by atoms with Crippen molar-refractivity contribution in [2.45, 2.75) is 44.8 Å². The molecule has 1 aliphatic heterocycles. The molecule has 3 amide bonds. The van der Waals surface area contributed by atoms with Crippen LogP contribution in [0.5, 0.6) is 0 Å². The largest absolute Gasteiger partial charge is 0.376 e. The summed E-state index contributed by atoms with van der Waals surface area (Å²) in [6.07, 6.45) is 4.33. The molecule has 1 aliphatic carbocycles. The second-order valence-corrected chi connectivity index (χ2v) is 5.27. The van der Waals surface area contributed by atoms with Crippen LogP contribution in [0.3, 0.4) is 0 Å². The average Bonchev–Trinajstić information content (AvgIpc) is 2.72. The Balaban J connectivity index is 1.88. The standard InChI is InChI=1S/C13H23N3O3/c1-3-19-11-7-5-4-6-10(11)14-13(18)16-8-12(17)15(2)9-16/h10-11H,3-9H2,1-2H3,(H,14,18)/t10-,11-/m1/s1. The van der Waals surface area contributed by atoms with Crippen molar-refractivity contribution in [1.29, 1.82) is 0 Å². The number of rotatable bonds is 3. The van der Waals surface area contributed by atoms with Crippen molar-refractivity contribution in [3.63, 3.8) is 0 Å². The molecule has 0 radical (unpaired) electrons. The Kier molecular flexibility index (Phi) is 4.63. The highest BCUT2D eigenvalue weighted by molar-refractivity contribution is 5.86. The van der Waals surface area contributed by atoms with Gasteiger partial charge in [0.25, 0.3) is 0 Å². The SMILES string of the molecule is CCO[C@@H]1CCCC[C@H]1NC(=O)N1CC(=O)N(C)C1. The fourth-order valence-corrected chi connectivity index (χ4v) is 2.73. The molecule has 1 heterocycles. The second kappa shape index (κ2) is 6.23. The lowest BCUT2D eigenvalue weighted by atomic mass is 9.92. The minimum Gasteiger partial charge on any atom is -0.376 e. The zero-order valence-electron chi connectivity index (χ0n) is 11.7. The minimum atomic E-state index is -0.158. The molecule has 6 nitrogen and oxygen atoms in total. The van der Waals surface area contributed by atoms with Crippen molar-refractivity contribution in [3.05, 3.63) is 0 Å². The third-order valence-corrected chi connectivity index (χ3v) is 3.81. The van der Waals surface area contributed by atoms with Crippen LogP contribution < -0.4 is 5.32 Å². The lowest BCUT2D eigenvalue weighted by molar-refractivity contribution is -0.125. The lowest BCUT2D eigenvalue weighted by Gasteiger charge is -2.32. The van der Waals surface area contributed by atoms with Gasteiger partial charge in [-0.3, -0.25) is 9.69 Å². The molecule has 0 unspecified atom stereocenters. The molecule has 0 aromatic carbocycles. The Bertz CT molecular complexity index is 346. The van der Waals surface area contributed by atoms with E-state index in [1.54, 1.807) is 16.8 Å². The predicted octanol–water partition coefficient (Wildman–Crippen LogP) is 0.775. The van der Waals surface area contributed by atoms with Crippen molar-refractivity contribution in [1.82, 2.24) is 15.1 Å². The Labute approximate surface area is 114 Å². The maximum atomic E-state index is 12.1. The molecule has 19 heavy (non-hydrogen) atoms. The molecule has 2 rings (SSSR count). The second-order valence-electron chi connectivity index (χ2n) is 5.27. The van der Waals surface area contributed by atoms with E-state index >= 15 is 0 Å². The number of nitrogens with zero attached hydrogens (tertiary/aromatic N) is 2. The number of urea groups is 1. The Morgan fingerprint density at radius 2 is 2.16 bits per heavy atom. The van der Waals surface area contributed by atoms with Crippen LogP contribution in [0, 0.1) is 0 Å². The number of carbonyl (C=O) groups excluding carboxylic acids is 2. The summed E-state index contributed by atoms with van der Waals surface area (Å²) in [5.41, 5.74) is 0. The van der Waals surface area contributed by atoms with E-state index in [1.807, 2.05) is 6.92 Å². The van der Waals surface area contributed by atoms with E-state index in [4.69, 9.17) is 4.74 Å². The highest BCUT2D eigenvalue weighted by atomic mass is 16.5. The Hall–Kier alpha value is -1.30. The van der Waals surface area contributed by atoms with Gasteiger partial charge in [-0.2, -0.15) is 0 Å². The first-order valence-corrected chi connectivity index (χ1v) is 7.02. The van der Waals surface area contributed by atoms with Crippen LogP contribution in [0.4, 0.5) is 4.79 Å². The zero-order valence-corrected chi connectivity index (χ0v) is 11.7. The van der Waals surface area contributed by atoms with Crippen LogP contribution in [0.1, 0.15) is 32.6 Å². The van der Waals surface area contributed by atoms with Crippen LogP contribution in [0.25, 0.3) is 0 Å². The quantitative estimate of drug-likeness (QED) is 0.823. The van der Waals surface area contributed by atoms with E-state index < -0.39 is 0 Å². The first-order valence-electron chi connectivity index (χ1n) is 7.02. The van der Waals surface area contributed by atoms with Gasteiger partial charge in [0, 0.05) is 13.7 Å². The molecule has 1 saturated heterocycles. The summed E-state index contributed by atoms with van der Waals surface area (Å²) in [6, 6.07) is -0.0866. The van der Waals surface area contributed by atoms with Gasteiger partial charge in [-0.25, -0.2) is 4.79 Å². The first-order chi connectivity index (χ1) is 9.11. The molecule has 0 aromatic heterocycles. The summed E-state index contributed by atoms with van der Waals surface area (Å²) in [4.78, 5) is 26.7. The Morgan fingerprint density at radius 1 is 1.42 bits per heavy atom. The van der Waals surface area contributed by atoms with Crippen LogP contribution in [-0.4, -0.2) is 60.8 Å². The van der Waals surface area contributed by atoms with Crippen LogP contribution in [-0.2, 0) is 9.53 Å². The summed E-state index contributed by atoms with van der Waals surface area (Å²) in [5.74, 6) is -0.0137. The van der Waals surface area contributed by atoms with Gasteiger partial charge in [-0.1, -0.05) is 12.8 Å². The smallest absolute Gasteiger partial charge is 0.319 e. The summed E-state index contributed by atoms with van der Waals surface area (Å²) in [7, 11) is 1.71. The van der Waals surface area contributed by atoms with Gasteiger partial charge in [0.2, 0.25) is 5.91 Å². The van der Waals surface area contributed by atoms with Gasteiger partial charge in [-0.05, 0) is 19.8 Å². The van der Waals surface area contributed by atoms with Gasteiger partial charge in [0.1, 0.15) is 6.54 Å². The van der Waals surface area contributed by atoms with E-state index in [0.29, 0.717) is 13.3 Å². The summed E-state index contributed by atoms with van der Waals surface area (Å²) in [6.45, 7) is 3.19. The molecule has 6 heteroatoms. The molecular formula is C13H23N3O3. The number of likely N-dealkylation sites (N-methyl/N-ethyl adjacent to an activating group) is 1. The minimum absolute atomic E-state index is 0.0137. The molecule has 108 valence electrons. The van der Waals surface area contributed by atoms with Crippen LogP contribution in [0.15, 0.2) is 0 Å². The Morgan fingerprint density at radius 3 is 2.79 bits per heavy atom. The lowest BCUT2D eigenvalue weighted by Crippen LogP contribution is -2.50. The van der Waals surface area contributed by atoms with Crippen LogP contribution in [0.2, 0.25) is 0 Å². The molecule has 0 bridgehead atoms. The van der Waals surface area contributed by atoms with Crippen molar-refractivity contribution in [2.24, 2.45) is 0 Å². The monoisotopic (exact) mass is 269 g/mol. The molecule has 2 aliphatic rings. The third kappa shape index (κ3) is 3.37. The highest BCUT2D eigenvalue weighted by Crippen LogP contribution is 2.21. The molecule has 2 atom stereocenters. The van der Waals surface area contributed by atoms with Gasteiger partial charge in [0.05, 0.1) is 18.8 Å². The summed E-state index contributed by atoms with van der Waals surface area (Å²) in [5, 5.41) is 3.02. The van der Waals surface area contributed by atoms with E-state index in [-0.39, 0.29) is 30.6 Å². The van der Waals surface area contributed by atoms with E-state index in [9.17, 15) is 9.59 Å². The van der Waals surface area contributed by atoms with Crippen molar-refractivity contribution < 1.29 is 14.3 Å². The third-order valence-electron chi connectivity index (χ3n) is 3.81. The van der Waals surface area contributed by atoms with Crippen molar-refractivity contribution in [3.8, 4) is 0 Å².